The molecule has 0 spiro atoms. The maximum absolute atomic E-state index is 11.9. The lowest BCUT2D eigenvalue weighted by Crippen LogP contribution is -2.62. The number of rotatable bonds is 8. The van der Waals surface area contributed by atoms with Crippen LogP contribution in [0.1, 0.15) is 111 Å². The highest BCUT2D eigenvalue weighted by Gasteiger charge is 2.64. The Morgan fingerprint density at radius 1 is 0.971 bits per heavy atom. The first-order chi connectivity index (χ1) is 16.8. The Bertz CT molecular complexity index is 833. The first kappa shape index (κ1) is 25.6. The van der Waals surface area contributed by atoms with Crippen molar-refractivity contribution in [3.05, 3.63) is 5.82 Å². The number of aromatic nitrogens is 4. The molecular formula is C29H50N4O2. The van der Waals surface area contributed by atoms with Gasteiger partial charge < -0.3 is 10.2 Å². The van der Waals surface area contributed by atoms with Crippen LogP contribution in [0.25, 0.3) is 0 Å². The van der Waals surface area contributed by atoms with Crippen LogP contribution in [0.3, 0.4) is 0 Å². The number of aliphatic hydroxyl groups excluding tert-OH is 2. The molecule has 1 heterocycles. The van der Waals surface area contributed by atoms with Crippen LogP contribution in [0, 0.1) is 52.3 Å². The normalized spacial score (nSPS) is 46.0. The fourth-order valence-corrected chi connectivity index (χ4v) is 10.3. The minimum Gasteiger partial charge on any atom is -0.393 e. The highest BCUT2D eigenvalue weighted by molar-refractivity contribution is 5.13. The van der Waals surface area contributed by atoms with E-state index in [9.17, 15) is 10.2 Å². The van der Waals surface area contributed by atoms with Gasteiger partial charge in [-0.1, -0.05) is 58.6 Å². The lowest BCUT2D eigenvalue weighted by molar-refractivity contribution is -0.203. The van der Waals surface area contributed by atoms with E-state index in [1.54, 1.807) is 0 Å². The van der Waals surface area contributed by atoms with Crippen molar-refractivity contribution in [2.75, 3.05) is 0 Å². The molecule has 6 heteroatoms. The van der Waals surface area contributed by atoms with Crippen molar-refractivity contribution in [1.82, 2.24) is 20.6 Å². The summed E-state index contributed by atoms with van der Waals surface area (Å²) >= 11 is 0. The maximum Gasteiger partial charge on any atom is 0.174 e. The summed E-state index contributed by atoms with van der Waals surface area (Å²) in [4.78, 5) is 0. The number of nitrogens with zero attached hydrogens (tertiary/aromatic N) is 3. The van der Waals surface area contributed by atoms with Crippen molar-refractivity contribution >= 4 is 0 Å². The molecule has 0 aliphatic heterocycles. The summed E-state index contributed by atoms with van der Waals surface area (Å²) in [5.74, 6) is 4.98. The Hall–Kier alpha value is -1.01. The van der Waals surface area contributed by atoms with Crippen LogP contribution < -0.4 is 0 Å². The molecule has 0 aromatic carbocycles. The highest BCUT2D eigenvalue weighted by atomic mass is 16.3. The Balaban J connectivity index is 1.25. The number of aliphatic hydroxyl groups is 2. The Morgan fingerprint density at radius 2 is 1.74 bits per heavy atom. The van der Waals surface area contributed by atoms with Crippen LogP contribution in [0.15, 0.2) is 0 Å². The summed E-state index contributed by atoms with van der Waals surface area (Å²) in [6.07, 6.45) is 14.9. The smallest absolute Gasteiger partial charge is 0.174 e. The molecule has 1 aromatic rings. The second-order valence-corrected chi connectivity index (χ2v) is 13.5. The summed E-state index contributed by atoms with van der Waals surface area (Å²) in [5, 5.41) is 36.7. The van der Waals surface area contributed by atoms with E-state index in [-0.39, 0.29) is 12.2 Å². The van der Waals surface area contributed by atoms with Gasteiger partial charge in [-0.3, -0.25) is 0 Å². The number of unbranched alkanes of at least 4 members (excludes halogenated alkanes) is 2. The van der Waals surface area contributed by atoms with E-state index in [2.05, 4.69) is 48.3 Å². The van der Waals surface area contributed by atoms with E-state index in [4.69, 9.17) is 0 Å². The molecule has 0 radical (unpaired) electrons. The molecule has 0 bridgehead atoms. The number of H-pyrrole nitrogens is 1. The number of hydrogen-bond donors (Lipinski definition) is 3. The molecule has 1 aromatic heterocycles. The van der Waals surface area contributed by atoms with E-state index in [0.717, 1.165) is 56.2 Å². The van der Waals surface area contributed by atoms with Gasteiger partial charge in [0.05, 0.1) is 12.2 Å². The van der Waals surface area contributed by atoms with Crippen LogP contribution >= 0.6 is 0 Å². The monoisotopic (exact) mass is 486 g/mol. The predicted molar refractivity (Wildman–Crippen MR) is 137 cm³/mol. The van der Waals surface area contributed by atoms with Gasteiger partial charge in [-0.2, -0.15) is 5.21 Å². The van der Waals surface area contributed by atoms with Crippen molar-refractivity contribution in [2.24, 2.45) is 52.3 Å². The van der Waals surface area contributed by atoms with Crippen LogP contribution in [0.4, 0.5) is 0 Å². The van der Waals surface area contributed by atoms with Crippen molar-refractivity contribution in [1.29, 1.82) is 0 Å². The first-order valence-corrected chi connectivity index (χ1v) is 14.9. The van der Waals surface area contributed by atoms with Crippen LogP contribution in [0.5, 0.6) is 0 Å². The summed E-state index contributed by atoms with van der Waals surface area (Å²) < 4.78 is 0. The predicted octanol–water partition coefficient (Wildman–Crippen LogP) is 5.57. The fraction of sp³-hybridized carbons (Fsp3) is 0.966. The molecule has 6 nitrogen and oxygen atoms in total. The van der Waals surface area contributed by atoms with Gasteiger partial charge >= 0.3 is 0 Å². The van der Waals surface area contributed by atoms with Gasteiger partial charge in [0.25, 0.3) is 0 Å². The van der Waals surface area contributed by atoms with Crippen LogP contribution in [-0.4, -0.2) is 43.0 Å². The van der Waals surface area contributed by atoms with Gasteiger partial charge in [0.1, 0.15) is 0 Å². The molecule has 3 N–H and O–H groups in total. The number of aryl methyl sites for hydroxylation is 1. The number of hydrogen-bond acceptors (Lipinski definition) is 5. The lowest BCUT2D eigenvalue weighted by atomic mass is 9.41. The minimum atomic E-state index is -0.183. The van der Waals surface area contributed by atoms with E-state index in [1.165, 1.54) is 44.9 Å². The van der Waals surface area contributed by atoms with Crippen molar-refractivity contribution in [3.63, 3.8) is 0 Å². The zero-order valence-electron chi connectivity index (χ0n) is 22.6. The van der Waals surface area contributed by atoms with Gasteiger partial charge in [-0.05, 0) is 104 Å². The van der Waals surface area contributed by atoms with E-state index in [1.807, 2.05) is 0 Å². The zero-order valence-corrected chi connectivity index (χ0v) is 22.6. The SMILES string of the molecule is CC[C@@H]1C2C[C@H](O)CCC2(C)[C@H]2CCC3(C)C([C@H](C)CCCCCc4nn[nH]n4)CC[C@H]3[C@@H]2[C@@H]1O. The standard InChI is InChI=1S/C29H50N4O2/c1-5-20-24-17-19(34)13-15-29(24,4)23-14-16-28(3)21(11-12-22(28)26(23)27(20)35)18(2)9-7-6-8-10-25-30-32-33-31-25/h18-24,26-27,34-35H,5-17H2,1-4H3,(H,30,31,32,33)/t18-,19-,20-,21?,22+,23+,24?,26+,27-,28?,29?/m1/s1. The van der Waals surface area contributed by atoms with Gasteiger partial charge in [0, 0.05) is 6.42 Å². The Morgan fingerprint density at radius 3 is 2.49 bits per heavy atom. The number of aromatic amines is 1. The average molecular weight is 487 g/mol. The molecule has 0 amide bonds. The molecule has 4 aliphatic carbocycles. The molecule has 35 heavy (non-hydrogen) atoms. The summed E-state index contributed by atoms with van der Waals surface area (Å²) in [6, 6.07) is 0. The summed E-state index contributed by atoms with van der Waals surface area (Å²) in [5.41, 5.74) is 0.676. The number of fused-ring (bicyclic) bond motifs is 5. The zero-order chi connectivity index (χ0) is 24.8. The molecule has 4 fully saturated rings. The molecule has 0 saturated heterocycles. The molecule has 11 atom stereocenters. The summed E-state index contributed by atoms with van der Waals surface area (Å²) in [6.45, 7) is 9.93. The van der Waals surface area contributed by atoms with E-state index >= 15 is 0 Å². The van der Waals surface area contributed by atoms with Gasteiger partial charge in [-0.25, -0.2) is 0 Å². The highest BCUT2D eigenvalue weighted by Crippen LogP contribution is 2.69. The molecule has 4 unspecified atom stereocenters. The third-order valence-electron chi connectivity index (χ3n) is 12.1. The second-order valence-electron chi connectivity index (χ2n) is 13.5. The second kappa shape index (κ2) is 10.0. The van der Waals surface area contributed by atoms with E-state index < -0.39 is 0 Å². The van der Waals surface area contributed by atoms with Crippen LogP contribution in [0.2, 0.25) is 0 Å². The van der Waals surface area contributed by atoms with Gasteiger partial charge in [0.2, 0.25) is 0 Å². The fourth-order valence-electron chi connectivity index (χ4n) is 10.3. The average Bonchev–Trinajstić information content (AvgIpc) is 3.47. The summed E-state index contributed by atoms with van der Waals surface area (Å²) in [7, 11) is 0. The third-order valence-corrected chi connectivity index (χ3v) is 12.1. The Labute approximate surface area is 212 Å². The number of nitrogens with one attached hydrogen (secondary N) is 1. The number of tetrazole rings is 1. The lowest BCUT2D eigenvalue weighted by Gasteiger charge is -2.64. The third kappa shape index (κ3) is 4.39. The Kier molecular flexibility index (Phi) is 7.35. The molecular weight excluding hydrogens is 436 g/mol. The quantitative estimate of drug-likeness (QED) is 0.418. The van der Waals surface area contributed by atoms with Crippen molar-refractivity contribution in [2.45, 2.75) is 123 Å². The minimum absolute atomic E-state index is 0.163. The van der Waals surface area contributed by atoms with Crippen LogP contribution in [-0.2, 0) is 6.42 Å². The maximum atomic E-state index is 11.9. The van der Waals surface area contributed by atoms with Crippen molar-refractivity contribution in [3.8, 4) is 0 Å². The van der Waals surface area contributed by atoms with Gasteiger partial charge in [-0.15, -0.1) is 10.2 Å². The van der Waals surface area contributed by atoms with E-state index in [0.29, 0.717) is 40.4 Å². The largest absolute Gasteiger partial charge is 0.393 e. The molecule has 4 saturated carbocycles. The topological polar surface area (TPSA) is 94.9 Å². The first-order valence-electron chi connectivity index (χ1n) is 14.9. The molecule has 4 aliphatic rings. The van der Waals surface area contributed by atoms with Crippen molar-refractivity contribution < 1.29 is 10.2 Å². The van der Waals surface area contributed by atoms with Gasteiger partial charge in [0.15, 0.2) is 5.82 Å². The molecule has 198 valence electrons. The molecule has 5 rings (SSSR count).